The second kappa shape index (κ2) is 37.5. The predicted molar refractivity (Wildman–Crippen MR) is 212 cm³/mol. The first kappa shape index (κ1) is 48.7. The number of amides is 1. The van der Waals surface area contributed by atoms with Crippen molar-refractivity contribution < 1.29 is 28.4 Å². The Kier molecular flexibility index (Phi) is 36.5. The zero-order valence-electron chi connectivity index (χ0n) is 32.4. The number of aliphatic hydroxyl groups excluding tert-OH is 1. The highest BCUT2D eigenvalue weighted by atomic mass is 31.2. The molecule has 0 aliphatic heterocycles. The SMILES string of the molecule is CCCCCCC/C=C\C/C=C\C/C=C\CCCCCCCCCCC(=O)NC(COP(=O)(O)OCCN)C(O)CCCCCCCCCC. The van der Waals surface area contributed by atoms with Crippen molar-refractivity contribution in [3.63, 3.8) is 0 Å². The Bertz CT molecular complexity index is 881. The number of aliphatic hydroxyl groups is 1. The van der Waals surface area contributed by atoms with Crippen molar-refractivity contribution in [2.24, 2.45) is 5.73 Å². The number of carbonyl (C=O) groups is 1. The van der Waals surface area contributed by atoms with Crippen molar-refractivity contribution >= 4 is 13.7 Å². The van der Waals surface area contributed by atoms with E-state index >= 15 is 0 Å². The molecule has 3 unspecified atom stereocenters. The first-order valence-corrected chi connectivity index (χ1v) is 22.1. The topological polar surface area (TPSA) is 131 Å². The van der Waals surface area contributed by atoms with Crippen LogP contribution in [0.2, 0.25) is 0 Å². The van der Waals surface area contributed by atoms with E-state index in [9.17, 15) is 19.4 Å². The lowest BCUT2D eigenvalue weighted by Gasteiger charge is -2.25. The molecule has 0 fully saturated rings. The van der Waals surface area contributed by atoms with E-state index in [1.54, 1.807) is 0 Å². The van der Waals surface area contributed by atoms with E-state index in [2.05, 4.69) is 55.6 Å². The predicted octanol–water partition coefficient (Wildman–Crippen LogP) is 11.2. The first-order chi connectivity index (χ1) is 24.4. The van der Waals surface area contributed by atoms with Gasteiger partial charge in [0.2, 0.25) is 5.91 Å². The van der Waals surface area contributed by atoms with Gasteiger partial charge in [-0.05, 0) is 51.4 Å². The molecule has 9 heteroatoms. The summed E-state index contributed by atoms with van der Waals surface area (Å²) in [5.41, 5.74) is 5.35. The number of phosphoric ester groups is 1. The minimum atomic E-state index is -4.31. The maximum absolute atomic E-state index is 12.7. The van der Waals surface area contributed by atoms with Gasteiger partial charge in [-0.3, -0.25) is 13.8 Å². The van der Waals surface area contributed by atoms with Crippen LogP contribution in [0.3, 0.4) is 0 Å². The van der Waals surface area contributed by atoms with Crippen LogP contribution >= 0.6 is 7.82 Å². The van der Waals surface area contributed by atoms with Crippen LogP contribution in [0, 0.1) is 0 Å². The maximum atomic E-state index is 12.7. The number of allylic oxidation sites excluding steroid dienone is 6. The van der Waals surface area contributed by atoms with E-state index in [0.717, 1.165) is 57.8 Å². The van der Waals surface area contributed by atoms with Gasteiger partial charge in [-0.2, -0.15) is 0 Å². The molecule has 0 aliphatic rings. The molecule has 0 saturated carbocycles. The van der Waals surface area contributed by atoms with Gasteiger partial charge in [0.15, 0.2) is 0 Å². The van der Waals surface area contributed by atoms with Crippen LogP contribution in [0.4, 0.5) is 0 Å². The van der Waals surface area contributed by atoms with Gasteiger partial charge < -0.3 is 21.1 Å². The lowest BCUT2D eigenvalue weighted by molar-refractivity contribution is -0.123. The van der Waals surface area contributed by atoms with Crippen LogP contribution in [0.5, 0.6) is 0 Å². The smallest absolute Gasteiger partial charge is 0.391 e. The molecule has 0 aromatic rings. The Morgan fingerprint density at radius 3 is 1.60 bits per heavy atom. The van der Waals surface area contributed by atoms with E-state index in [1.807, 2.05) is 0 Å². The normalized spacial score (nSPS) is 14.6. The van der Waals surface area contributed by atoms with Crippen molar-refractivity contribution in [3.05, 3.63) is 36.5 Å². The molecule has 0 radical (unpaired) electrons. The van der Waals surface area contributed by atoms with Gasteiger partial charge in [0.1, 0.15) is 0 Å². The Labute approximate surface area is 308 Å². The summed E-state index contributed by atoms with van der Waals surface area (Å²) in [6.07, 6.45) is 43.1. The highest BCUT2D eigenvalue weighted by molar-refractivity contribution is 7.47. The van der Waals surface area contributed by atoms with Crippen molar-refractivity contribution in [2.45, 2.75) is 199 Å². The van der Waals surface area contributed by atoms with Crippen LogP contribution in [0.1, 0.15) is 187 Å². The van der Waals surface area contributed by atoms with Crippen molar-refractivity contribution in [1.82, 2.24) is 5.32 Å². The number of nitrogens with two attached hydrogens (primary N) is 1. The Balaban J connectivity index is 4.06. The molecule has 3 atom stereocenters. The van der Waals surface area contributed by atoms with Crippen LogP contribution in [-0.4, -0.2) is 47.8 Å². The number of nitrogens with one attached hydrogen (secondary N) is 1. The largest absolute Gasteiger partial charge is 0.472 e. The summed E-state index contributed by atoms with van der Waals surface area (Å²) in [5, 5.41) is 13.7. The molecule has 0 aromatic carbocycles. The Hall–Kier alpha value is -1.28. The molecule has 5 N–H and O–H groups in total. The van der Waals surface area contributed by atoms with E-state index in [0.29, 0.717) is 12.8 Å². The summed E-state index contributed by atoms with van der Waals surface area (Å²) in [6, 6.07) is -0.776. The van der Waals surface area contributed by atoms with E-state index in [1.165, 1.54) is 103 Å². The van der Waals surface area contributed by atoms with Crippen molar-refractivity contribution in [3.8, 4) is 0 Å². The number of unbranched alkanes of at least 4 members (excludes halogenated alkanes) is 20. The van der Waals surface area contributed by atoms with Gasteiger partial charge in [0.05, 0.1) is 25.4 Å². The quantitative estimate of drug-likeness (QED) is 0.0283. The fourth-order valence-corrected chi connectivity index (χ4v) is 6.61. The summed E-state index contributed by atoms with van der Waals surface area (Å²) >= 11 is 0. The molecule has 1 amide bonds. The average Bonchev–Trinajstić information content (AvgIpc) is 3.10. The van der Waals surface area contributed by atoms with Crippen molar-refractivity contribution in [1.29, 1.82) is 0 Å². The molecule has 8 nitrogen and oxygen atoms in total. The standard InChI is InChI=1S/C41H79N2O6P/c1-3-5-7-9-11-13-14-15-16-17-18-19-20-21-22-23-24-25-26-27-29-31-33-35-41(45)43-39(38-49-50(46,47)48-37-36-42)40(44)34-32-30-28-12-10-8-6-4-2/h14-15,17-18,20-21,39-40,44H,3-13,16,19,22-38,42H2,1-2H3,(H,43,45)(H,46,47)/b15-14-,18-17-,21-20-. The summed E-state index contributed by atoms with van der Waals surface area (Å²) in [5.74, 6) is -0.173. The summed E-state index contributed by atoms with van der Waals surface area (Å²) in [6.45, 7) is 4.14. The van der Waals surface area contributed by atoms with Gasteiger partial charge in [-0.1, -0.05) is 166 Å². The highest BCUT2D eigenvalue weighted by Crippen LogP contribution is 2.43. The third-order valence-corrected chi connectivity index (χ3v) is 9.98. The van der Waals surface area contributed by atoms with Gasteiger partial charge in [0.25, 0.3) is 0 Å². The van der Waals surface area contributed by atoms with Crippen LogP contribution in [0.15, 0.2) is 36.5 Å². The monoisotopic (exact) mass is 727 g/mol. The molecule has 294 valence electrons. The van der Waals surface area contributed by atoms with Crippen LogP contribution < -0.4 is 11.1 Å². The zero-order valence-corrected chi connectivity index (χ0v) is 33.3. The molecular weight excluding hydrogens is 647 g/mol. The molecule has 0 saturated heterocycles. The first-order valence-electron chi connectivity index (χ1n) is 20.6. The third-order valence-electron chi connectivity index (χ3n) is 9.00. The highest BCUT2D eigenvalue weighted by Gasteiger charge is 2.27. The third kappa shape index (κ3) is 35.1. The molecule has 50 heavy (non-hydrogen) atoms. The molecule has 0 aliphatic carbocycles. The minimum absolute atomic E-state index is 0.0863. The van der Waals surface area contributed by atoms with Gasteiger partial charge in [-0.15, -0.1) is 0 Å². The summed E-state index contributed by atoms with van der Waals surface area (Å²) in [7, 11) is -4.31. The van der Waals surface area contributed by atoms with E-state index < -0.39 is 20.0 Å². The summed E-state index contributed by atoms with van der Waals surface area (Å²) < 4.78 is 22.0. The molecule has 0 heterocycles. The van der Waals surface area contributed by atoms with Gasteiger partial charge in [0, 0.05) is 13.0 Å². The Morgan fingerprint density at radius 1 is 0.660 bits per heavy atom. The fourth-order valence-electron chi connectivity index (χ4n) is 5.85. The maximum Gasteiger partial charge on any atom is 0.472 e. The number of rotatable bonds is 38. The number of hydrogen-bond donors (Lipinski definition) is 4. The van der Waals surface area contributed by atoms with E-state index in [-0.39, 0.29) is 25.7 Å². The second-order valence-electron chi connectivity index (χ2n) is 13.8. The molecule has 0 aromatic heterocycles. The Morgan fingerprint density at radius 2 is 1.10 bits per heavy atom. The van der Waals surface area contributed by atoms with Gasteiger partial charge >= 0.3 is 7.82 Å². The minimum Gasteiger partial charge on any atom is -0.391 e. The lowest BCUT2D eigenvalue weighted by atomic mass is 10.0. The van der Waals surface area contributed by atoms with E-state index in [4.69, 9.17) is 14.8 Å². The van der Waals surface area contributed by atoms with Crippen LogP contribution in [0.25, 0.3) is 0 Å². The molecule has 0 bridgehead atoms. The number of phosphoric acid groups is 1. The summed E-state index contributed by atoms with van der Waals surface area (Å²) in [4.78, 5) is 22.6. The molecular formula is C41H79N2O6P. The second-order valence-corrected chi connectivity index (χ2v) is 15.3. The van der Waals surface area contributed by atoms with Crippen molar-refractivity contribution in [2.75, 3.05) is 19.8 Å². The molecule has 0 rings (SSSR count). The zero-order chi connectivity index (χ0) is 36.8. The molecule has 0 spiro atoms. The number of hydrogen-bond acceptors (Lipinski definition) is 6. The lowest BCUT2D eigenvalue weighted by Crippen LogP contribution is -2.46. The van der Waals surface area contributed by atoms with Crippen LogP contribution in [-0.2, 0) is 18.4 Å². The van der Waals surface area contributed by atoms with Gasteiger partial charge in [-0.25, -0.2) is 4.57 Å². The number of carbonyl (C=O) groups excluding carboxylic acids is 1. The fraction of sp³-hybridized carbons (Fsp3) is 0.829. The average molecular weight is 727 g/mol.